The monoisotopic (exact) mass is 223 g/mol. The number of aromatic carboxylic acids is 1. The van der Waals surface area contributed by atoms with Gasteiger partial charge in [0.25, 0.3) is 0 Å². The van der Waals surface area contributed by atoms with Gasteiger partial charge in [-0.05, 0) is 18.8 Å². The first-order valence-electron chi connectivity index (χ1n) is 5.88. The highest BCUT2D eigenvalue weighted by Gasteiger charge is 2.23. The molecule has 1 aromatic heterocycles. The lowest BCUT2D eigenvalue weighted by Crippen LogP contribution is -2.09. The van der Waals surface area contributed by atoms with Gasteiger partial charge in [-0.2, -0.15) is 0 Å². The summed E-state index contributed by atoms with van der Waals surface area (Å²) in [5, 5.41) is 16.7. The Hall–Kier alpha value is -1.39. The summed E-state index contributed by atoms with van der Waals surface area (Å²) >= 11 is 0. The van der Waals surface area contributed by atoms with Crippen LogP contribution in [-0.2, 0) is 13.0 Å². The van der Waals surface area contributed by atoms with Gasteiger partial charge in [0, 0.05) is 6.54 Å². The van der Waals surface area contributed by atoms with Crippen LogP contribution in [0.1, 0.15) is 48.8 Å². The minimum absolute atomic E-state index is 0.123. The summed E-state index contributed by atoms with van der Waals surface area (Å²) in [5.41, 5.74) is 0.897. The van der Waals surface area contributed by atoms with E-state index in [1.807, 2.05) is 6.92 Å². The molecule has 0 unspecified atom stereocenters. The molecule has 1 saturated carbocycles. The molecule has 1 aliphatic carbocycles. The summed E-state index contributed by atoms with van der Waals surface area (Å²) in [4.78, 5) is 10.9. The van der Waals surface area contributed by atoms with Gasteiger partial charge in [0.1, 0.15) is 0 Å². The second kappa shape index (κ2) is 4.63. The van der Waals surface area contributed by atoms with Crippen molar-refractivity contribution in [2.45, 2.75) is 45.6 Å². The lowest BCUT2D eigenvalue weighted by Gasteiger charge is -2.05. The van der Waals surface area contributed by atoms with Gasteiger partial charge in [-0.3, -0.25) is 0 Å². The fourth-order valence-electron chi connectivity index (χ4n) is 1.87. The molecular formula is C11H17N3O2. The van der Waals surface area contributed by atoms with Crippen molar-refractivity contribution in [3.63, 3.8) is 0 Å². The normalized spacial score (nSPS) is 15.3. The highest BCUT2D eigenvalue weighted by Crippen LogP contribution is 2.32. The summed E-state index contributed by atoms with van der Waals surface area (Å²) < 4.78 is 1.77. The predicted octanol–water partition coefficient (Wildman–Crippen LogP) is 1.73. The van der Waals surface area contributed by atoms with E-state index in [2.05, 4.69) is 10.3 Å². The van der Waals surface area contributed by atoms with E-state index >= 15 is 0 Å². The van der Waals surface area contributed by atoms with Crippen LogP contribution in [0, 0.1) is 5.92 Å². The number of carboxylic acid groups (broad SMARTS) is 1. The average molecular weight is 223 g/mol. The summed E-state index contributed by atoms with van der Waals surface area (Å²) in [6.07, 6.45) is 5.36. The quantitative estimate of drug-likeness (QED) is 0.797. The van der Waals surface area contributed by atoms with E-state index in [0.29, 0.717) is 0 Å². The Balaban J connectivity index is 2.11. The van der Waals surface area contributed by atoms with E-state index in [9.17, 15) is 4.79 Å². The fraction of sp³-hybridized carbons (Fsp3) is 0.727. The highest BCUT2D eigenvalue weighted by atomic mass is 16.4. The smallest absolute Gasteiger partial charge is 0.358 e. The van der Waals surface area contributed by atoms with Crippen molar-refractivity contribution in [1.82, 2.24) is 15.0 Å². The van der Waals surface area contributed by atoms with Gasteiger partial charge < -0.3 is 5.11 Å². The van der Waals surface area contributed by atoms with Crippen LogP contribution in [0.3, 0.4) is 0 Å². The average Bonchev–Trinajstić information content (AvgIpc) is 2.98. The molecule has 5 nitrogen and oxygen atoms in total. The number of rotatable bonds is 6. The molecule has 0 aliphatic heterocycles. The van der Waals surface area contributed by atoms with E-state index < -0.39 is 5.97 Å². The van der Waals surface area contributed by atoms with Crippen molar-refractivity contribution < 1.29 is 9.90 Å². The molecule has 0 bridgehead atoms. The van der Waals surface area contributed by atoms with Crippen LogP contribution in [-0.4, -0.2) is 26.1 Å². The molecule has 0 spiro atoms. The summed E-state index contributed by atoms with van der Waals surface area (Å²) in [6, 6.07) is 0. The predicted molar refractivity (Wildman–Crippen MR) is 58.3 cm³/mol. The SMILES string of the molecule is CCCc1c(C(=O)O)nnn1CCC1CC1. The molecule has 1 aromatic rings. The van der Waals surface area contributed by atoms with Crippen molar-refractivity contribution in [2.75, 3.05) is 0 Å². The summed E-state index contributed by atoms with van der Waals surface area (Å²) in [7, 11) is 0. The molecule has 0 saturated heterocycles. The molecule has 1 fully saturated rings. The standard InChI is InChI=1S/C11H17N3O2/c1-2-3-9-10(11(15)16)12-13-14(9)7-6-8-4-5-8/h8H,2-7H2,1H3,(H,15,16). The Labute approximate surface area is 94.5 Å². The molecule has 0 atom stereocenters. The van der Waals surface area contributed by atoms with Gasteiger partial charge in [0.2, 0.25) is 0 Å². The molecule has 0 aromatic carbocycles. The van der Waals surface area contributed by atoms with Gasteiger partial charge in [-0.25, -0.2) is 9.48 Å². The fourth-order valence-corrected chi connectivity index (χ4v) is 1.87. The summed E-state index contributed by atoms with van der Waals surface area (Å²) in [6.45, 7) is 2.84. The Morgan fingerprint density at radius 1 is 1.56 bits per heavy atom. The molecule has 0 amide bonds. The van der Waals surface area contributed by atoms with E-state index in [-0.39, 0.29) is 5.69 Å². The number of aryl methyl sites for hydroxylation is 1. The first-order valence-corrected chi connectivity index (χ1v) is 5.88. The zero-order valence-electron chi connectivity index (χ0n) is 9.52. The third kappa shape index (κ3) is 2.40. The largest absolute Gasteiger partial charge is 0.476 e. The van der Waals surface area contributed by atoms with Gasteiger partial charge in [-0.15, -0.1) is 5.10 Å². The highest BCUT2D eigenvalue weighted by molar-refractivity contribution is 5.86. The second-order valence-corrected chi connectivity index (χ2v) is 4.40. The van der Waals surface area contributed by atoms with E-state index in [1.54, 1.807) is 4.68 Å². The van der Waals surface area contributed by atoms with Crippen LogP contribution in [0.25, 0.3) is 0 Å². The van der Waals surface area contributed by atoms with Crippen LogP contribution in [0.4, 0.5) is 0 Å². The number of hydrogen-bond acceptors (Lipinski definition) is 3. The molecule has 2 rings (SSSR count). The maximum absolute atomic E-state index is 10.9. The zero-order valence-corrected chi connectivity index (χ0v) is 9.52. The molecule has 88 valence electrons. The number of aromatic nitrogens is 3. The number of nitrogens with zero attached hydrogens (tertiary/aromatic N) is 3. The summed E-state index contributed by atoms with van der Waals surface area (Å²) in [5.74, 6) is -0.145. The van der Waals surface area contributed by atoms with Gasteiger partial charge in [0.05, 0.1) is 5.69 Å². The van der Waals surface area contributed by atoms with Crippen LogP contribution in [0.5, 0.6) is 0 Å². The topological polar surface area (TPSA) is 68.0 Å². The minimum Gasteiger partial charge on any atom is -0.476 e. The molecule has 1 aliphatic rings. The Morgan fingerprint density at radius 2 is 2.31 bits per heavy atom. The van der Waals surface area contributed by atoms with E-state index in [0.717, 1.165) is 37.4 Å². The van der Waals surface area contributed by atoms with E-state index in [4.69, 9.17) is 5.11 Å². The van der Waals surface area contributed by atoms with Crippen LogP contribution in [0.2, 0.25) is 0 Å². The Morgan fingerprint density at radius 3 is 2.88 bits per heavy atom. The third-order valence-corrected chi connectivity index (χ3v) is 2.97. The number of hydrogen-bond donors (Lipinski definition) is 1. The van der Waals surface area contributed by atoms with Crippen molar-refractivity contribution >= 4 is 5.97 Å². The van der Waals surface area contributed by atoms with Crippen LogP contribution in [0.15, 0.2) is 0 Å². The third-order valence-electron chi connectivity index (χ3n) is 2.97. The van der Waals surface area contributed by atoms with Crippen molar-refractivity contribution in [2.24, 2.45) is 5.92 Å². The minimum atomic E-state index is -0.971. The van der Waals surface area contributed by atoms with Crippen molar-refractivity contribution in [3.8, 4) is 0 Å². The molecule has 5 heteroatoms. The van der Waals surface area contributed by atoms with Gasteiger partial charge >= 0.3 is 5.97 Å². The van der Waals surface area contributed by atoms with E-state index in [1.165, 1.54) is 12.8 Å². The maximum atomic E-state index is 10.9. The van der Waals surface area contributed by atoms with Crippen LogP contribution < -0.4 is 0 Å². The lowest BCUT2D eigenvalue weighted by atomic mass is 10.2. The maximum Gasteiger partial charge on any atom is 0.358 e. The molecular weight excluding hydrogens is 206 g/mol. The second-order valence-electron chi connectivity index (χ2n) is 4.40. The Kier molecular flexibility index (Phi) is 3.22. The first-order chi connectivity index (χ1) is 7.72. The lowest BCUT2D eigenvalue weighted by molar-refractivity contribution is 0.0689. The zero-order chi connectivity index (χ0) is 11.5. The molecule has 16 heavy (non-hydrogen) atoms. The van der Waals surface area contributed by atoms with Crippen LogP contribution >= 0.6 is 0 Å². The molecule has 0 radical (unpaired) electrons. The van der Waals surface area contributed by atoms with Crippen molar-refractivity contribution in [3.05, 3.63) is 11.4 Å². The molecule has 1 heterocycles. The number of carbonyl (C=O) groups is 1. The van der Waals surface area contributed by atoms with Crippen molar-refractivity contribution in [1.29, 1.82) is 0 Å². The first kappa shape index (κ1) is 11.1. The molecule has 1 N–H and O–H groups in total. The number of carboxylic acids is 1. The van der Waals surface area contributed by atoms with Gasteiger partial charge in [0.15, 0.2) is 5.69 Å². The Bertz CT molecular complexity index is 383. The van der Waals surface area contributed by atoms with Gasteiger partial charge in [-0.1, -0.05) is 31.4 Å².